The van der Waals surface area contributed by atoms with Crippen molar-refractivity contribution in [3.05, 3.63) is 49.8 Å². The highest BCUT2D eigenvalue weighted by Crippen LogP contribution is 2.26. The molecule has 0 saturated heterocycles. The van der Waals surface area contributed by atoms with E-state index in [9.17, 15) is 25.0 Å². The molecule has 11 nitrogen and oxygen atoms in total. The molecule has 0 spiro atoms. The van der Waals surface area contributed by atoms with Crippen LogP contribution in [0.1, 0.15) is 12.8 Å². The van der Waals surface area contributed by atoms with Crippen LogP contribution < -0.4 is 5.32 Å². The molecule has 12 heteroatoms. The molecule has 1 N–H and O–H groups in total. The molecule has 0 atom stereocenters. The standard InChI is InChI=1S/C12H11ClN6O5/c13-9-6-8(18(21)22)3-4-10(9)15-11(20)2-1-5-17-7-14-12(16-17)19(23)24/h3-4,6-7H,1-2,5H2,(H,15,20). The number of aryl methyl sites for hydroxylation is 1. The van der Waals surface area contributed by atoms with E-state index >= 15 is 0 Å². The summed E-state index contributed by atoms with van der Waals surface area (Å²) in [6.07, 6.45) is 1.70. The highest BCUT2D eigenvalue weighted by molar-refractivity contribution is 6.33. The number of non-ortho nitro benzene ring substituents is 1. The van der Waals surface area contributed by atoms with Gasteiger partial charge in [-0.3, -0.25) is 14.9 Å². The van der Waals surface area contributed by atoms with Crippen molar-refractivity contribution in [2.24, 2.45) is 0 Å². The molecular formula is C12H11ClN6O5. The Morgan fingerprint density at radius 3 is 2.62 bits per heavy atom. The Morgan fingerprint density at radius 2 is 2.04 bits per heavy atom. The van der Waals surface area contributed by atoms with E-state index in [0.29, 0.717) is 6.42 Å². The number of rotatable bonds is 7. The monoisotopic (exact) mass is 354 g/mol. The van der Waals surface area contributed by atoms with Gasteiger partial charge < -0.3 is 15.4 Å². The minimum absolute atomic E-state index is 0.0597. The minimum atomic E-state index is -0.709. The molecule has 0 saturated carbocycles. The molecule has 0 fully saturated rings. The van der Waals surface area contributed by atoms with Crippen LogP contribution >= 0.6 is 11.6 Å². The number of hydrogen-bond donors (Lipinski definition) is 1. The number of carbonyl (C=O) groups excluding carboxylic acids is 1. The summed E-state index contributed by atoms with van der Waals surface area (Å²) in [4.78, 5) is 35.1. The zero-order valence-electron chi connectivity index (χ0n) is 12.1. The summed E-state index contributed by atoms with van der Waals surface area (Å²) in [6, 6.07) is 3.72. The van der Waals surface area contributed by atoms with Crippen LogP contribution in [-0.2, 0) is 11.3 Å². The number of halogens is 1. The van der Waals surface area contributed by atoms with E-state index in [-0.39, 0.29) is 35.3 Å². The summed E-state index contributed by atoms with van der Waals surface area (Å²) in [5.41, 5.74) is 0.0921. The average molecular weight is 355 g/mol. The van der Waals surface area contributed by atoms with E-state index in [0.717, 1.165) is 6.07 Å². The molecule has 0 aliphatic carbocycles. The number of carbonyl (C=O) groups is 1. The number of nitrogens with one attached hydrogen (secondary N) is 1. The summed E-state index contributed by atoms with van der Waals surface area (Å²) in [5, 5.41) is 27.3. The number of nitro benzene ring substituents is 1. The van der Waals surface area contributed by atoms with E-state index in [1.54, 1.807) is 0 Å². The van der Waals surface area contributed by atoms with Crippen LogP contribution in [0.3, 0.4) is 0 Å². The molecule has 2 rings (SSSR count). The zero-order valence-corrected chi connectivity index (χ0v) is 12.8. The normalized spacial score (nSPS) is 10.4. The molecule has 0 aliphatic rings. The Bertz CT molecular complexity index is 792. The summed E-state index contributed by atoms with van der Waals surface area (Å²) >= 11 is 5.87. The molecule has 1 amide bonds. The third-order valence-electron chi connectivity index (χ3n) is 2.92. The second kappa shape index (κ2) is 7.46. The van der Waals surface area contributed by atoms with E-state index in [1.165, 1.54) is 23.1 Å². The smallest absolute Gasteiger partial charge is 0.390 e. The van der Waals surface area contributed by atoms with Crippen molar-refractivity contribution in [1.82, 2.24) is 14.8 Å². The number of anilines is 1. The largest absolute Gasteiger partial charge is 0.490 e. The van der Waals surface area contributed by atoms with Crippen molar-refractivity contribution in [2.75, 3.05) is 5.32 Å². The van der Waals surface area contributed by atoms with Crippen LogP contribution in [0.5, 0.6) is 0 Å². The fraction of sp³-hybridized carbons (Fsp3) is 0.250. The maximum absolute atomic E-state index is 11.8. The topological polar surface area (TPSA) is 146 Å². The molecule has 0 bridgehead atoms. The van der Waals surface area contributed by atoms with Crippen LogP contribution in [-0.4, -0.2) is 30.5 Å². The van der Waals surface area contributed by atoms with Crippen LogP contribution in [0.2, 0.25) is 5.02 Å². The molecule has 0 radical (unpaired) electrons. The maximum Gasteiger partial charge on any atom is 0.490 e. The number of benzene rings is 1. The second-order valence-corrected chi connectivity index (χ2v) is 5.04. The van der Waals surface area contributed by atoms with Gasteiger partial charge in [0, 0.05) is 23.7 Å². The van der Waals surface area contributed by atoms with Crippen molar-refractivity contribution < 1.29 is 14.6 Å². The van der Waals surface area contributed by atoms with Crippen LogP contribution in [0.4, 0.5) is 17.3 Å². The van der Waals surface area contributed by atoms with Crippen molar-refractivity contribution >= 4 is 34.8 Å². The number of nitrogens with zero attached hydrogens (tertiary/aromatic N) is 5. The van der Waals surface area contributed by atoms with Crippen molar-refractivity contribution in [1.29, 1.82) is 0 Å². The first-order valence-electron chi connectivity index (χ1n) is 6.64. The van der Waals surface area contributed by atoms with Crippen LogP contribution in [0.15, 0.2) is 24.5 Å². The van der Waals surface area contributed by atoms with Gasteiger partial charge in [-0.1, -0.05) is 16.6 Å². The molecule has 24 heavy (non-hydrogen) atoms. The average Bonchev–Trinajstić information content (AvgIpc) is 2.98. The SMILES string of the molecule is O=C(CCCn1cnc([N+](=O)[O-])n1)Nc1ccc([N+](=O)[O-])cc1Cl. The molecule has 0 unspecified atom stereocenters. The van der Waals surface area contributed by atoms with Crippen molar-refractivity contribution in [3.8, 4) is 0 Å². The highest BCUT2D eigenvalue weighted by Gasteiger charge is 2.14. The van der Waals surface area contributed by atoms with Gasteiger partial charge in [0.2, 0.25) is 12.2 Å². The molecule has 126 valence electrons. The van der Waals surface area contributed by atoms with E-state index < -0.39 is 15.8 Å². The first kappa shape index (κ1) is 17.3. The van der Waals surface area contributed by atoms with Gasteiger partial charge in [0.15, 0.2) is 0 Å². The number of amides is 1. The van der Waals surface area contributed by atoms with Gasteiger partial charge in [-0.05, 0) is 17.4 Å². The van der Waals surface area contributed by atoms with Gasteiger partial charge in [0.1, 0.15) is 0 Å². The summed E-state index contributed by atoms with van der Waals surface area (Å²) in [6.45, 7) is 0.280. The number of aromatic nitrogens is 3. The second-order valence-electron chi connectivity index (χ2n) is 4.64. The third kappa shape index (κ3) is 4.46. The zero-order chi connectivity index (χ0) is 17.7. The van der Waals surface area contributed by atoms with Gasteiger partial charge in [-0.25, -0.2) is 0 Å². The Hall–Kier alpha value is -3.08. The van der Waals surface area contributed by atoms with Gasteiger partial charge in [0.25, 0.3) is 5.69 Å². The molecule has 1 heterocycles. The number of nitro groups is 2. The minimum Gasteiger partial charge on any atom is -0.390 e. The Morgan fingerprint density at radius 1 is 1.29 bits per heavy atom. The predicted molar refractivity (Wildman–Crippen MR) is 82.6 cm³/mol. The first-order chi connectivity index (χ1) is 11.4. The van der Waals surface area contributed by atoms with Gasteiger partial charge in [-0.2, -0.15) is 4.68 Å². The molecule has 0 aliphatic heterocycles. The lowest BCUT2D eigenvalue weighted by Crippen LogP contribution is -2.13. The molecule has 2 aromatic rings. The van der Waals surface area contributed by atoms with Gasteiger partial charge in [0.05, 0.1) is 22.2 Å². The van der Waals surface area contributed by atoms with Crippen molar-refractivity contribution in [2.45, 2.75) is 19.4 Å². The highest BCUT2D eigenvalue weighted by atomic mass is 35.5. The molecular weight excluding hydrogens is 344 g/mol. The van der Waals surface area contributed by atoms with Gasteiger partial charge in [-0.15, -0.1) is 0 Å². The summed E-state index contributed by atoms with van der Waals surface area (Å²) in [5.74, 6) is -0.850. The Balaban J connectivity index is 1.84. The number of hydrogen-bond acceptors (Lipinski definition) is 7. The lowest BCUT2D eigenvalue weighted by molar-refractivity contribution is -0.394. The fourth-order valence-electron chi connectivity index (χ4n) is 1.81. The van der Waals surface area contributed by atoms with E-state index in [1.807, 2.05) is 0 Å². The van der Waals surface area contributed by atoms with E-state index in [4.69, 9.17) is 11.6 Å². The summed E-state index contributed by atoms with van der Waals surface area (Å²) in [7, 11) is 0. The third-order valence-corrected chi connectivity index (χ3v) is 3.23. The Labute approximate surface area is 139 Å². The molecule has 1 aromatic carbocycles. The van der Waals surface area contributed by atoms with Crippen LogP contribution in [0.25, 0.3) is 0 Å². The molecule has 1 aromatic heterocycles. The lowest BCUT2D eigenvalue weighted by atomic mass is 10.2. The fourth-order valence-corrected chi connectivity index (χ4v) is 2.03. The first-order valence-corrected chi connectivity index (χ1v) is 7.02. The maximum atomic E-state index is 11.8. The summed E-state index contributed by atoms with van der Waals surface area (Å²) < 4.78 is 1.27. The Kier molecular flexibility index (Phi) is 5.37. The van der Waals surface area contributed by atoms with Crippen LogP contribution in [0, 0.1) is 20.2 Å². The van der Waals surface area contributed by atoms with Gasteiger partial charge >= 0.3 is 5.95 Å². The lowest BCUT2D eigenvalue weighted by Gasteiger charge is -2.06. The predicted octanol–water partition coefficient (Wildman–Crippen LogP) is 2.17. The quantitative estimate of drug-likeness (QED) is 0.591. The van der Waals surface area contributed by atoms with E-state index in [2.05, 4.69) is 15.4 Å². The van der Waals surface area contributed by atoms with Crippen molar-refractivity contribution in [3.63, 3.8) is 0 Å².